The van der Waals surface area contributed by atoms with Gasteiger partial charge < -0.3 is 4.74 Å². The number of unbranched alkanes of at least 4 members (excludes halogenated alkanes) is 3. The summed E-state index contributed by atoms with van der Waals surface area (Å²) in [6.45, 7) is 2.96. The van der Waals surface area contributed by atoms with Crippen LogP contribution in [0.1, 0.15) is 32.6 Å². The van der Waals surface area contributed by atoms with Gasteiger partial charge in [-0.3, -0.25) is 0 Å². The summed E-state index contributed by atoms with van der Waals surface area (Å²) in [5, 5.41) is 0. The molecule has 0 fully saturated rings. The molecule has 0 saturated carbocycles. The second-order valence-corrected chi connectivity index (χ2v) is 4.25. The van der Waals surface area contributed by atoms with Gasteiger partial charge in [0.05, 0.1) is 10.2 Å². The quantitative estimate of drug-likeness (QED) is 0.598. The SMILES string of the molecule is CCCCCCOc1ncncc1I. The molecule has 0 unspecified atom stereocenters. The van der Waals surface area contributed by atoms with Crippen molar-refractivity contribution in [3.8, 4) is 5.88 Å². The molecule has 78 valence electrons. The molecule has 3 nitrogen and oxygen atoms in total. The molecule has 0 aliphatic rings. The minimum Gasteiger partial charge on any atom is -0.477 e. The van der Waals surface area contributed by atoms with Crippen LogP contribution >= 0.6 is 22.6 Å². The first-order valence-electron chi connectivity index (χ1n) is 4.93. The van der Waals surface area contributed by atoms with Gasteiger partial charge in [-0.05, 0) is 29.0 Å². The summed E-state index contributed by atoms with van der Waals surface area (Å²) in [5.41, 5.74) is 0. The summed E-state index contributed by atoms with van der Waals surface area (Å²) in [5.74, 6) is 0.706. The summed E-state index contributed by atoms with van der Waals surface area (Å²) in [6, 6.07) is 0. The number of hydrogen-bond acceptors (Lipinski definition) is 3. The summed E-state index contributed by atoms with van der Waals surface area (Å²) in [7, 11) is 0. The average molecular weight is 306 g/mol. The van der Waals surface area contributed by atoms with Crippen molar-refractivity contribution in [1.82, 2.24) is 9.97 Å². The molecule has 0 N–H and O–H groups in total. The van der Waals surface area contributed by atoms with Gasteiger partial charge in [-0.25, -0.2) is 9.97 Å². The van der Waals surface area contributed by atoms with Gasteiger partial charge in [0.15, 0.2) is 0 Å². The van der Waals surface area contributed by atoms with Crippen LogP contribution in [0.3, 0.4) is 0 Å². The summed E-state index contributed by atoms with van der Waals surface area (Å²) < 4.78 is 6.50. The van der Waals surface area contributed by atoms with E-state index in [0.717, 1.165) is 16.6 Å². The molecule has 4 heteroatoms. The third kappa shape index (κ3) is 4.21. The molecule has 0 spiro atoms. The fraction of sp³-hybridized carbons (Fsp3) is 0.600. The topological polar surface area (TPSA) is 35.0 Å². The first kappa shape index (κ1) is 11.7. The Morgan fingerprint density at radius 3 is 2.93 bits per heavy atom. The molecule has 0 bridgehead atoms. The van der Waals surface area contributed by atoms with Crippen molar-refractivity contribution in [2.45, 2.75) is 32.6 Å². The summed E-state index contributed by atoms with van der Waals surface area (Å²) >= 11 is 2.18. The van der Waals surface area contributed by atoms with Crippen LogP contribution in [0.15, 0.2) is 12.5 Å². The number of halogens is 1. The maximum absolute atomic E-state index is 5.52. The average Bonchev–Trinajstić information content (AvgIpc) is 2.20. The lowest BCUT2D eigenvalue weighted by molar-refractivity contribution is 0.291. The van der Waals surface area contributed by atoms with Gasteiger partial charge in [-0.2, -0.15) is 0 Å². The van der Waals surface area contributed by atoms with Crippen LogP contribution in [0, 0.1) is 3.57 Å². The highest BCUT2D eigenvalue weighted by molar-refractivity contribution is 14.1. The molecular weight excluding hydrogens is 291 g/mol. The van der Waals surface area contributed by atoms with E-state index in [-0.39, 0.29) is 0 Å². The highest BCUT2D eigenvalue weighted by Crippen LogP contribution is 2.15. The lowest BCUT2D eigenvalue weighted by atomic mass is 10.2. The maximum Gasteiger partial charge on any atom is 0.230 e. The zero-order chi connectivity index (χ0) is 10.2. The fourth-order valence-electron chi connectivity index (χ4n) is 1.11. The van der Waals surface area contributed by atoms with Gasteiger partial charge in [0.1, 0.15) is 6.33 Å². The van der Waals surface area contributed by atoms with E-state index in [0.29, 0.717) is 5.88 Å². The largest absolute Gasteiger partial charge is 0.477 e. The minimum atomic E-state index is 0.706. The van der Waals surface area contributed by atoms with Crippen LogP contribution in [-0.4, -0.2) is 16.6 Å². The lowest BCUT2D eigenvalue weighted by Crippen LogP contribution is -2.01. The molecule has 0 radical (unpaired) electrons. The Bertz CT molecular complexity index is 268. The molecule has 0 atom stereocenters. The van der Waals surface area contributed by atoms with Crippen molar-refractivity contribution >= 4 is 22.6 Å². The van der Waals surface area contributed by atoms with Crippen LogP contribution in [0.25, 0.3) is 0 Å². The van der Waals surface area contributed by atoms with E-state index in [1.165, 1.54) is 25.6 Å². The van der Waals surface area contributed by atoms with Crippen LogP contribution in [0.2, 0.25) is 0 Å². The van der Waals surface area contributed by atoms with Gasteiger partial charge in [0.25, 0.3) is 0 Å². The van der Waals surface area contributed by atoms with E-state index in [2.05, 4.69) is 39.5 Å². The predicted molar refractivity (Wildman–Crippen MR) is 64.4 cm³/mol. The Labute approximate surface area is 98.4 Å². The first-order valence-corrected chi connectivity index (χ1v) is 6.00. The first-order chi connectivity index (χ1) is 6.84. The molecule has 0 aromatic carbocycles. The van der Waals surface area contributed by atoms with E-state index in [4.69, 9.17) is 4.74 Å². The maximum atomic E-state index is 5.52. The zero-order valence-electron chi connectivity index (χ0n) is 8.37. The molecule has 1 heterocycles. The Morgan fingerprint density at radius 2 is 2.21 bits per heavy atom. The molecule has 0 amide bonds. The normalized spacial score (nSPS) is 10.1. The van der Waals surface area contributed by atoms with E-state index >= 15 is 0 Å². The highest BCUT2D eigenvalue weighted by Gasteiger charge is 2.00. The predicted octanol–water partition coefficient (Wildman–Crippen LogP) is 3.04. The third-order valence-electron chi connectivity index (χ3n) is 1.87. The summed E-state index contributed by atoms with van der Waals surface area (Å²) in [6.07, 6.45) is 8.15. The molecular formula is C10H15IN2O. The van der Waals surface area contributed by atoms with Crippen molar-refractivity contribution in [3.63, 3.8) is 0 Å². The fourth-order valence-corrected chi connectivity index (χ4v) is 1.56. The Balaban J connectivity index is 2.21. The van der Waals surface area contributed by atoms with Crippen molar-refractivity contribution in [2.24, 2.45) is 0 Å². The van der Waals surface area contributed by atoms with E-state index in [1.54, 1.807) is 6.20 Å². The van der Waals surface area contributed by atoms with Crippen molar-refractivity contribution in [3.05, 3.63) is 16.1 Å². The number of nitrogens with zero attached hydrogens (tertiary/aromatic N) is 2. The number of rotatable bonds is 6. The minimum absolute atomic E-state index is 0.706. The molecule has 1 rings (SSSR count). The van der Waals surface area contributed by atoms with Crippen LogP contribution < -0.4 is 4.74 Å². The molecule has 1 aromatic heterocycles. The van der Waals surface area contributed by atoms with E-state index in [9.17, 15) is 0 Å². The second-order valence-electron chi connectivity index (χ2n) is 3.08. The van der Waals surface area contributed by atoms with E-state index < -0.39 is 0 Å². The van der Waals surface area contributed by atoms with Crippen LogP contribution in [0.4, 0.5) is 0 Å². The lowest BCUT2D eigenvalue weighted by Gasteiger charge is -2.05. The Hall–Kier alpha value is -0.390. The Kier molecular flexibility index (Phi) is 5.82. The third-order valence-corrected chi connectivity index (χ3v) is 2.61. The molecule has 0 saturated heterocycles. The van der Waals surface area contributed by atoms with Gasteiger partial charge >= 0.3 is 0 Å². The molecule has 0 aliphatic carbocycles. The van der Waals surface area contributed by atoms with Crippen molar-refractivity contribution in [1.29, 1.82) is 0 Å². The number of aromatic nitrogens is 2. The molecule has 1 aromatic rings. The summed E-state index contributed by atoms with van der Waals surface area (Å²) in [4.78, 5) is 7.96. The van der Waals surface area contributed by atoms with Gasteiger partial charge in [-0.15, -0.1) is 0 Å². The van der Waals surface area contributed by atoms with Gasteiger partial charge in [0, 0.05) is 6.20 Å². The zero-order valence-corrected chi connectivity index (χ0v) is 10.5. The Morgan fingerprint density at radius 1 is 1.36 bits per heavy atom. The number of ether oxygens (including phenoxy) is 1. The van der Waals surface area contributed by atoms with Crippen LogP contribution in [-0.2, 0) is 0 Å². The van der Waals surface area contributed by atoms with Crippen molar-refractivity contribution in [2.75, 3.05) is 6.61 Å². The number of hydrogen-bond donors (Lipinski definition) is 0. The standard InChI is InChI=1S/C10H15IN2O/c1-2-3-4-5-6-14-10-9(11)7-12-8-13-10/h7-8H,2-6H2,1H3. The van der Waals surface area contributed by atoms with Gasteiger partial charge in [-0.1, -0.05) is 26.2 Å². The second kappa shape index (κ2) is 6.98. The smallest absolute Gasteiger partial charge is 0.230 e. The monoisotopic (exact) mass is 306 g/mol. The van der Waals surface area contributed by atoms with Crippen LogP contribution in [0.5, 0.6) is 5.88 Å². The molecule has 0 aliphatic heterocycles. The van der Waals surface area contributed by atoms with E-state index in [1.807, 2.05) is 0 Å². The van der Waals surface area contributed by atoms with Gasteiger partial charge in [0.2, 0.25) is 5.88 Å². The van der Waals surface area contributed by atoms with Crippen molar-refractivity contribution < 1.29 is 4.74 Å². The molecule has 14 heavy (non-hydrogen) atoms. The highest BCUT2D eigenvalue weighted by atomic mass is 127.